The second-order valence-corrected chi connectivity index (χ2v) is 4.75. The lowest BCUT2D eigenvalue weighted by Gasteiger charge is -2.30. The number of methoxy groups -OCH3 is 1. The van der Waals surface area contributed by atoms with Crippen molar-refractivity contribution in [2.45, 2.75) is 25.9 Å². The van der Waals surface area contributed by atoms with Gasteiger partial charge in [0.1, 0.15) is 5.75 Å². The summed E-state index contributed by atoms with van der Waals surface area (Å²) in [5, 5.41) is 9.63. The van der Waals surface area contributed by atoms with Crippen LogP contribution in [0.5, 0.6) is 5.75 Å². The number of aliphatic hydroxyl groups is 1. The van der Waals surface area contributed by atoms with Crippen LogP contribution in [0.3, 0.4) is 0 Å². The Morgan fingerprint density at radius 1 is 1.50 bits per heavy atom. The molecule has 1 aromatic rings. The molecule has 0 radical (unpaired) electrons. The summed E-state index contributed by atoms with van der Waals surface area (Å²) in [6.45, 7) is 3.06. The van der Waals surface area contributed by atoms with Crippen LogP contribution in [0, 0.1) is 6.92 Å². The number of carbonyl (C=O) groups excluding carboxylic acids is 1. The lowest BCUT2D eigenvalue weighted by atomic mass is 10.1. The molecule has 1 N–H and O–H groups in total. The summed E-state index contributed by atoms with van der Waals surface area (Å²) in [6, 6.07) is 5.56. The first-order valence-corrected chi connectivity index (χ1v) is 6.24. The molecule has 2 rings (SSSR count). The summed E-state index contributed by atoms with van der Waals surface area (Å²) in [7, 11) is 1.56. The van der Waals surface area contributed by atoms with Crippen LogP contribution in [0.2, 0.25) is 0 Å². The molecule has 4 nitrogen and oxygen atoms in total. The number of aliphatic hydroxyl groups excluding tert-OH is 1. The van der Waals surface area contributed by atoms with Gasteiger partial charge in [-0.05, 0) is 31.9 Å². The Morgan fingerprint density at radius 3 is 2.94 bits per heavy atom. The van der Waals surface area contributed by atoms with E-state index in [0.717, 1.165) is 18.4 Å². The largest absolute Gasteiger partial charge is 0.496 e. The highest BCUT2D eigenvalue weighted by Gasteiger charge is 2.25. The van der Waals surface area contributed by atoms with Gasteiger partial charge in [0.25, 0.3) is 5.91 Å². The van der Waals surface area contributed by atoms with Gasteiger partial charge in [0, 0.05) is 13.1 Å². The minimum Gasteiger partial charge on any atom is -0.496 e. The Kier molecular flexibility index (Phi) is 3.87. The zero-order chi connectivity index (χ0) is 13.1. The second-order valence-electron chi connectivity index (χ2n) is 4.75. The SMILES string of the molecule is COc1ccc(C)cc1C(=O)N1CCC[C@H](O)C1. The molecule has 1 fully saturated rings. The Hall–Kier alpha value is -1.55. The number of hydrogen-bond donors (Lipinski definition) is 1. The summed E-state index contributed by atoms with van der Waals surface area (Å²) in [4.78, 5) is 14.1. The number of carbonyl (C=O) groups is 1. The van der Waals surface area contributed by atoms with Crippen LogP contribution in [0.4, 0.5) is 0 Å². The van der Waals surface area contributed by atoms with Crippen molar-refractivity contribution < 1.29 is 14.6 Å². The second kappa shape index (κ2) is 5.40. The van der Waals surface area contributed by atoms with Crippen molar-refractivity contribution in [1.29, 1.82) is 0 Å². The Morgan fingerprint density at radius 2 is 2.28 bits per heavy atom. The van der Waals surface area contributed by atoms with Crippen molar-refractivity contribution in [3.8, 4) is 5.75 Å². The summed E-state index contributed by atoms with van der Waals surface area (Å²) >= 11 is 0. The minimum atomic E-state index is -0.404. The van der Waals surface area contributed by atoms with Gasteiger partial charge in [-0.15, -0.1) is 0 Å². The first kappa shape index (κ1) is 12.9. The lowest BCUT2D eigenvalue weighted by molar-refractivity contribution is 0.0471. The van der Waals surface area contributed by atoms with Crippen molar-refractivity contribution in [1.82, 2.24) is 4.90 Å². The van der Waals surface area contributed by atoms with Crippen LogP contribution < -0.4 is 4.74 Å². The van der Waals surface area contributed by atoms with E-state index in [4.69, 9.17) is 4.74 Å². The van der Waals surface area contributed by atoms with E-state index in [9.17, 15) is 9.90 Å². The van der Waals surface area contributed by atoms with Crippen LogP contribution in [-0.2, 0) is 0 Å². The van der Waals surface area contributed by atoms with E-state index < -0.39 is 6.10 Å². The normalized spacial score (nSPS) is 19.7. The van der Waals surface area contributed by atoms with E-state index in [1.165, 1.54) is 0 Å². The monoisotopic (exact) mass is 249 g/mol. The van der Waals surface area contributed by atoms with E-state index >= 15 is 0 Å². The Balaban J connectivity index is 2.24. The quantitative estimate of drug-likeness (QED) is 0.866. The molecule has 0 saturated carbocycles. The molecule has 0 aliphatic carbocycles. The molecule has 0 spiro atoms. The van der Waals surface area contributed by atoms with Gasteiger partial charge >= 0.3 is 0 Å². The fraction of sp³-hybridized carbons (Fsp3) is 0.500. The number of amides is 1. The maximum atomic E-state index is 12.4. The topological polar surface area (TPSA) is 49.8 Å². The van der Waals surface area contributed by atoms with Gasteiger partial charge in [-0.25, -0.2) is 0 Å². The summed E-state index contributed by atoms with van der Waals surface area (Å²) in [5.41, 5.74) is 1.60. The number of ether oxygens (including phenoxy) is 1. The highest BCUT2D eigenvalue weighted by molar-refractivity contribution is 5.97. The Labute approximate surface area is 107 Å². The molecule has 0 bridgehead atoms. The molecule has 1 aromatic carbocycles. The van der Waals surface area contributed by atoms with Crippen molar-refractivity contribution >= 4 is 5.91 Å². The smallest absolute Gasteiger partial charge is 0.257 e. The molecule has 1 atom stereocenters. The maximum absolute atomic E-state index is 12.4. The van der Waals surface area contributed by atoms with E-state index in [1.54, 1.807) is 12.0 Å². The minimum absolute atomic E-state index is 0.0608. The van der Waals surface area contributed by atoms with Gasteiger partial charge in [-0.3, -0.25) is 4.79 Å². The van der Waals surface area contributed by atoms with E-state index in [2.05, 4.69) is 0 Å². The number of piperidine rings is 1. The van der Waals surface area contributed by atoms with Gasteiger partial charge in [-0.1, -0.05) is 11.6 Å². The molecule has 4 heteroatoms. The van der Waals surface area contributed by atoms with Crippen molar-refractivity contribution in [3.63, 3.8) is 0 Å². The lowest BCUT2D eigenvalue weighted by Crippen LogP contribution is -2.42. The fourth-order valence-electron chi connectivity index (χ4n) is 2.30. The number of likely N-dealkylation sites (tertiary alicyclic amines) is 1. The van der Waals surface area contributed by atoms with E-state index in [0.29, 0.717) is 24.4 Å². The molecule has 1 amide bonds. The van der Waals surface area contributed by atoms with E-state index in [1.807, 2.05) is 25.1 Å². The average molecular weight is 249 g/mol. The third-order valence-electron chi connectivity index (χ3n) is 3.27. The first-order valence-electron chi connectivity index (χ1n) is 6.24. The fourth-order valence-corrected chi connectivity index (χ4v) is 2.30. The number of benzene rings is 1. The van der Waals surface area contributed by atoms with Crippen molar-refractivity contribution in [3.05, 3.63) is 29.3 Å². The van der Waals surface area contributed by atoms with Gasteiger partial charge in [-0.2, -0.15) is 0 Å². The van der Waals surface area contributed by atoms with Gasteiger partial charge in [0.15, 0.2) is 0 Å². The van der Waals surface area contributed by atoms with E-state index in [-0.39, 0.29) is 5.91 Å². The molecule has 1 saturated heterocycles. The molecule has 1 heterocycles. The van der Waals surface area contributed by atoms with Crippen molar-refractivity contribution in [2.24, 2.45) is 0 Å². The number of rotatable bonds is 2. The number of aryl methyl sites for hydroxylation is 1. The summed E-state index contributed by atoms with van der Waals surface area (Å²) in [6.07, 6.45) is 1.22. The maximum Gasteiger partial charge on any atom is 0.257 e. The summed E-state index contributed by atoms with van der Waals surface area (Å²) < 4.78 is 5.23. The highest BCUT2D eigenvalue weighted by Crippen LogP contribution is 2.23. The van der Waals surface area contributed by atoms with Crippen LogP contribution in [0.15, 0.2) is 18.2 Å². The summed E-state index contributed by atoms with van der Waals surface area (Å²) in [5.74, 6) is 0.528. The first-order chi connectivity index (χ1) is 8.61. The zero-order valence-corrected chi connectivity index (χ0v) is 10.8. The molecule has 1 aliphatic heterocycles. The number of hydrogen-bond acceptors (Lipinski definition) is 3. The predicted molar refractivity (Wildman–Crippen MR) is 68.9 cm³/mol. The molecule has 18 heavy (non-hydrogen) atoms. The van der Waals surface area contributed by atoms with Gasteiger partial charge in [0.2, 0.25) is 0 Å². The highest BCUT2D eigenvalue weighted by atomic mass is 16.5. The standard InChI is InChI=1S/C14H19NO3/c1-10-5-6-13(18-2)12(8-10)14(17)15-7-3-4-11(16)9-15/h5-6,8,11,16H,3-4,7,9H2,1-2H3/t11-/m0/s1. The zero-order valence-electron chi connectivity index (χ0n) is 10.8. The van der Waals surface area contributed by atoms with Crippen LogP contribution >= 0.6 is 0 Å². The predicted octanol–water partition coefficient (Wildman–Crippen LogP) is 1.60. The Bertz CT molecular complexity index is 445. The van der Waals surface area contributed by atoms with Crippen LogP contribution in [0.1, 0.15) is 28.8 Å². The molecular formula is C14H19NO3. The molecule has 98 valence electrons. The van der Waals surface area contributed by atoms with Gasteiger partial charge < -0.3 is 14.7 Å². The molecule has 1 aliphatic rings. The number of β-amino-alcohol motifs (C(OH)–C–C–N with tert-alkyl or cyclic N) is 1. The number of nitrogens with zero attached hydrogens (tertiary/aromatic N) is 1. The molecule has 0 unspecified atom stereocenters. The van der Waals surface area contributed by atoms with Crippen LogP contribution in [0.25, 0.3) is 0 Å². The molecule has 0 aromatic heterocycles. The molecular weight excluding hydrogens is 230 g/mol. The third kappa shape index (κ3) is 2.64. The van der Waals surface area contributed by atoms with Crippen LogP contribution in [-0.4, -0.2) is 42.2 Å². The van der Waals surface area contributed by atoms with Gasteiger partial charge in [0.05, 0.1) is 18.8 Å². The average Bonchev–Trinajstić information content (AvgIpc) is 2.38. The third-order valence-corrected chi connectivity index (χ3v) is 3.27. The van der Waals surface area contributed by atoms with Crippen molar-refractivity contribution in [2.75, 3.05) is 20.2 Å².